The van der Waals surface area contributed by atoms with E-state index in [-0.39, 0.29) is 17.9 Å². The molecule has 4 nitrogen and oxygen atoms in total. The van der Waals surface area contributed by atoms with E-state index in [0.717, 1.165) is 6.07 Å². The first kappa shape index (κ1) is 14.3. The van der Waals surface area contributed by atoms with Crippen LogP contribution in [0.4, 0.5) is 13.2 Å². The van der Waals surface area contributed by atoms with Gasteiger partial charge in [-0.1, -0.05) is 0 Å². The van der Waals surface area contributed by atoms with Crippen LogP contribution in [0.2, 0.25) is 0 Å². The molecule has 1 aromatic carbocycles. The summed E-state index contributed by atoms with van der Waals surface area (Å²) in [4.78, 5) is 4.53. The van der Waals surface area contributed by atoms with Crippen LogP contribution in [0.1, 0.15) is 16.0 Å². The van der Waals surface area contributed by atoms with E-state index in [9.17, 15) is 13.2 Å². The predicted molar refractivity (Wildman–Crippen MR) is 68.9 cm³/mol. The van der Waals surface area contributed by atoms with E-state index in [2.05, 4.69) is 4.98 Å². The zero-order valence-corrected chi connectivity index (χ0v) is 10.9. The van der Waals surface area contributed by atoms with Crippen LogP contribution >= 0.6 is 11.3 Å². The van der Waals surface area contributed by atoms with Gasteiger partial charge in [0.15, 0.2) is 0 Å². The number of hydrogen-bond acceptors (Lipinski definition) is 4. The van der Waals surface area contributed by atoms with Crippen LogP contribution in [0.3, 0.4) is 0 Å². The number of alkyl halides is 3. The van der Waals surface area contributed by atoms with Crippen molar-refractivity contribution in [2.75, 3.05) is 0 Å². The van der Waals surface area contributed by atoms with Crippen molar-refractivity contribution in [3.63, 3.8) is 0 Å². The molecule has 0 saturated heterocycles. The van der Waals surface area contributed by atoms with Crippen molar-refractivity contribution in [1.82, 2.24) is 4.98 Å². The lowest BCUT2D eigenvalue weighted by molar-refractivity contribution is -0.139. The summed E-state index contributed by atoms with van der Waals surface area (Å²) in [5.74, 6) is -0.722. The largest absolute Gasteiger partial charge is 0.487 e. The molecule has 20 heavy (non-hydrogen) atoms. The van der Waals surface area contributed by atoms with E-state index >= 15 is 0 Å². The van der Waals surface area contributed by atoms with Gasteiger partial charge in [-0.25, -0.2) is 0 Å². The number of thiazole rings is 1. The second-order valence-corrected chi connectivity index (χ2v) is 4.85. The number of hydrogen-bond donors (Lipinski definition) is 2. The third-order valence-corrected chi connectivity index (χ3v) is 3.20. The molecule has 0 atom stereocenters. The van der Waals surface area contributed by atoms with Gasteiger partial charge in [0, 0.05) is 11.8 Å². The Labute approximate surface area is 116 Å². The minimum absolute atomic E-state index is 0.00228. The van der Waals surface area contributed by atoms with Gasteiger partial charge in [0.2, 0.25) is 0 Å². The van der Waals surface area contributed by atoms with Crippen molar-refractivity contribution in [1.29, 1.82) is 5.41 Å². The molecule has 2 rings (SSSR count). The molecule has 0 radical (unpaired) electrons. The van der Waals surface area contributed by atoms with Crippen LogP contribution in [0.25, 0.3) is 0 Å². The fraction of sp³-hybridized carbons (Fsp3) is 0.167. The first-order chi connectivity index (χ1) is 9.38. The Hall–Kier alpha value is -2.09. The maximum absolute atomic E-state index is 13.0. The van der Waals surface area contributed by atoms with Gasteiger partial charge >= 0.3 is 6.18 Å². The lowest BCUT2D eigenvalue weighted by Gasteiger charge is -2.14. The topological polar surface area (TPSA) is 72.0 Å². The number of aromatic nitrogens is 1. The Morgan fingerprint density at radius 1 is 1.40 bits per heavy atom. The van der Waals surface area contributed by atoms with Crippen molar-refractivity contribution in [2.24, 2.45) is 5.73 Å². The standard InChI is InChI=1S/C12H10F3N3OS/c13-12(14,15)9-3-7(11(16)17)1-2-10(9)19-5-8-4-18-6-20-8/h1-4,6H,5H2,(H3,16,17). The summed E-state index contributed by atoms with van der Waals surface area (Å²) in [6.45, 7) is 0.00711. The van der Waals surface area contributed by atoms with Gasteiger partial charge in [-0.2, -0.15) is 13.2 Å². The molecule has 2 aromatic rings. The Kier molecular flexibility index (Phi) is 3.93. The quantitative estimate of drug-likeness (QED) is 0.673. The number of halogens is 3. The van der Waals surface area contributed by atoms with E-state index in [4.69, 9.17) is 15.9 Å². The maximum Gasteiger partial charge on any atom is 0.419 e. The number of benzene rings is 1. The third-order valence-electron chi connectivity index (χ3n) is 2.45. The number of nitrogens with one attached hydrogen (secondary N) is 1. The molecule has 0 saturated carbocycles. The second-order valence-electron chi connectivity index (χ2n) is 3.88. The predicted octanol–water partition coefficient (Wildman–Crippen LogP) is 3.02. The zero-order chi connectivity index (χ0) is 14.8. The lowest BCUT2D eigenvalue weighted by Crippen LogP contribution is -2.14. The average Bonchev–Trinajstić information content (AvgIpc) is 2.88. The minimum Gasteiger partial charge on any atom is -0.487 e. The Morgan fingerprint density at radius 3 is 2.70 bits per heavy atom. The smallest absolute Gasteiger partial charge is 0.419 e. The molecule has 3 N–H and O–H groups in total. The summed E-state index contributed by atoms with van der Waals surface area (Å²) in [6.07, 6.45) is -3.05. The molecule has 1 heterocycles. The number of amidine groups is 1. The number of nitrogens with zero attached hydrogens (tertiary/aromatic N) is 1. The first-order valence-electron chi connectivity index (χ1n) is 5.43. The summed E-state index contributed by atoms with van der Waals surface area (Å²) in [5.41, 5.74) is 5.82. The Morgan fingerprint density at radius 2 is 2.15 bits per heavy atom. The fourth-order valence-corrected chi connectivity index (χ4v) is 2.01. The van der Waals surface area contributed by atoms with Crippen LogP contribution in [0, 0.1) is 5.41 Å². The third kappa shape index (κ3) is 3.27. The average molecular weight is 301 g/mol. The van der Waals surface area contributed by atoms with Gasteiger partial charge in [0.05, 0.1) is 16.0 Å². The first-order valence-corrected chi connectivity index (χ1v) is 6.31. The van der Waals surface area contributed by atoms with Crippen molar-refractivity contribution in [3.05, 3.63) is 45.9 Å². The van der Waals surface area contributed by atoms with Gasteiger partial charge in [0.25, 0.3) is 0 Å². The molecule has 106 valence electrons. The van der Waals surface area contributed by atoms with E-state index in [1.165, 1.54) is 29.7 Å². The summed E-state index contributed by atoms with van der Waals surface area (Å²) >= 11 is 1.29. The highest BCUT2D eigenvalue weighted by Gasteiger charge is 2.35. The van der Waals surface area contributed by atoms with Crippen LogP contribution in [0.5, 0.6) is 5.75 Å². The van der Waals surface area contributed by atoms with Gasteiger partial charge in [-0.15, -0.1) is 11.3 Å². The van der Waals surface area contributed by atoms with E-state index in [1.807, 2.05) is 0 Å². The minimum atomic E-state index is -4.57. The Balaban J connectivity index is 2.29. The van der Waals surface area contributed by atoms with E-state index in [0.29, 0.717) is 4.88 Å². The summed E-state index contributed by atoms with van der Waals surface area (Å²) in [6, 6.07) is 3.30. The monoisotopic (exact) mass is 301 g/mol. The highest BCUT2D eigenvalue weighted by molar-refractivity contribution is 7.09. The maximum atomic E-state index is 13.0. The number of rotatable bonds is 4. The SMILES string of the molecule is N=C(N)c1ccc(OCc2cncs2)c(C(F)(F)F)c1. The molecule has 0 bridgehead atoms. The lowest BCUT2D eigenvalue weighted by atomic mass is 10.1. The molecular formula is C12H10F3N3OS. The van der Waals surface area contributed by atoms with Gasteiger partial charge < -0.3 is 10.5 Å². The number of nitrogens with two attached hydrogens (primary N) is 1. The second kappa shape index (κ2) is 5.49. The summed E-state index contributed by atoms with van der Waals surface area (Å²) < 4.78 is 44.1. The van der Waals surface area contributed by atoms with E-state index < -0.39 is 17.6 Å². The van der Waals surface area contributed by atoms with Gasteiger partial charge in [0.1, 0.15) is 18.2 Å². The highest BCUT2D eigenvalue weighted by atomic mass is 32.1. The van der Waals surface area contributed by atoms with Gasteiger partial charge in [-0.3, -0.25) is 10.4 Å². The molecule has 0 aliphatic heterocycles. The molecule has 0 aliphatic rings. The molecule has 0 fully saturated rings. The molecular weight excluding hydrogens is 291 g/mol. The van der Waals surface area contributed by atoms with Crippen molar-refractivity contribution < 1.29 is 17.9 Å². The molecule has 0 amide bonds. The molecule has 0 aliphatic carbocycles. The van der Waals surface area contributed by atoms with Crippen LogP contribution in [-0.4, -0.2) is 10.8 Å². The van der Waals surface area contributed by atoms with Crippen molar-refractivity contribution >= 4 is 17.2 Å². The van der Waals surface area contributed by atoms with Crippen molar-refractivity contribution in [2.45, 2.75) is 12.8 Å². The van der Waals surface area contributed by atoms with Crippen LogP contribution in [-0.2, 0) is 12.8 Å². The summed E-state index contributed by atoms with van der Waals surface area (Å²) in [5, 5.41) is 7.19. The molecule has 0 spiro atoms. The fourth-order valence-electron chi connectivity index (χ4n) is 1.51. The van der Waals surface area contributed by atoms with E-state index in [1.54, 1.807) is 5.51 Å². The number of ether oxygens (including phenoxy) is 1. The molecule has 0 unspecified atom stereocenters. The Bertz CT molecular complexity index is 611. The normalized spacial score (nSPS) is 11.3. The highest BCUT2D eigenvalue weighted by Crippen LogP contribution is 2.37. The van der Waals surface area contributed by atoms with Crippen LogP contribution in [0.15, 0.2) is 29.9 Å². The van der Waals surface area contributed by atoms with Crippen LogP contribution < -0.4 is 10.5 Å². The van der Waals surface area contributed by atoms with Gasteiger partial charge in [-0.05, 0) is 18.2 Å². The molecule has 8 heteroatoms. The van der Waals surface area contributed by atoms with Crippen molar-refractivity contribution in [3.8, 4) is 5.75 Å². The summed E-state index contributed by atoms with van der Waals surface area (Å²) in [7, 11) is 0. The zero-order valence-electron chi connectivity index (χ0n) is 10.1. The molecule has 1 aromatic heterocycles. The number of nitrogen functional groups attached to an aromatic ring is 1.